The maximum Gasteiger partial charge on any atom is 0.410 e. The van der Waals surface area contributed by atoms with Crippen molar-refractivity contribution in [2.24, 2.45) is 5.73 Å². The van der Waals surface area contributed by atoms with Crippen molar-refractivity contribution in [3.63, 3.8) is 0 Å². The van der Waals surface area contributed by atoms with Gasteiger partial charge < -0.3 is 31.0 Å². The normalized spacial score (nSPS) is 14.4. The molecule has 0 bridgehead atoms. The largest absolute Gasteiger partial charge is 0.410 e. The van der Waals surface area contributed by atoms with E-state index >= 15 is 0 Å². The van der Waals surface area contributed by atoms with E-state index in [0.29, 0.717) is 24.5 Å². The molecule has 2 aromatic heterocycles. The van der Waals surface area contributed by atoms with Crippen molar-refractivity contribution in [2.75, 3.05) is 37.3 Å². The van der Waals surface area contributed by atoms with Gasteiger partial charge in [-0.25, -0.2) is 24.1 Å². The lowest BCUT2D eigenvalue weighted by atomic mass is 9.95. The van der Waals surface area contributed by atoms with Crippen LogP contribution < -0.4 is 26.4 Å². The molecule has 5 N–H and O–H groups in total. The topological polar surface area (TPSA) is 137 Å². The fourth-order valence-corrected chi connectivity index (χ4v) is 4.26. The van der Waals surface area contributed by atoms with Crippen LogP contribution in [-0.2, 0) is 6.54 Å². The van der Waals surface area contributed by atoms with Crippen LogP contribution >= 0.6 is 0 Å². The Labute approximate surface area is 197 Å². The summed E-state index contributed by atoms with van der Waals surface area (Å²) in [4.78, 5) is 26.5. The van der Waals surface area contributed by atoms with Crippen LogP contribution in [0.2, 0.25) is 0 Å². The second kappa shape index (κ2) is 10.0. The van der Waals surface area contributed by atoms with Crippen LogP contribution in [0.3, 0.4) is 0 Å². The van der Waals surface area contributed by atoms with Crippen LogP contribution in [0.25, 0.3) is 11.3 Å². The summed E-state index contributed by atoms with van der Waals surface area (Å²) in [5.41, 5.74) is 13.4. The number of nitrogens with zero attached hydrogens (tertiary/aromatic N) is 5. The smallest absolute Gasteiger partial charge is 0.403 e. The molecule has 11 heteroatoms. The number of benzene rings is 1. The lowest BCUT2D eigenvalue weighted by Crippen LogP contribution is -2.35. The van der Waals surface area contributed by atoms with Gasteiger partial charge in [-0.05, 0) is 50.6 Å². The van der Waals surface area contributed by atoms with Gasteiger partial charge in [0.25, 0.3) is 0 Å². The first-order valence-corrected chi connectivity index (χ1v) is 11.2. The highest BCUT2D eigenvalue weighted by Crippen LogP contribution is 2.36. The Bertz CT molecular complexity index is 1170. The monoisotopic (exact) mass is 468 g/mol. The van der Waals surface area contributed by atoms with Crippen LogP contribution in [0.5, 0.6) is 5.75 Å². The number of likely N-dealkylation sites (N-methyl/N-ethyl adjacent to an activating group) is 1. The molecule has 180 valence electrons. The van der Waals surface area contributed by atoms with Crippen molar-refractivity contribution in [2.45, 2.75) is 32.2 Å². The van der Waals surface area contributed by atoms with Gasteiger partial charge >= 0.3 is 6.09 Å². The van der Waals surface area contributed by atoms with Gasteiger partial charge in [-0.1, -0.05) is 0 Å². The number of primary amides is 1. The zero-order chi connectivity index (χ0) is 24.2. The first kappa shape index (κ1) is 23.4. The molecule has 0 unspecified atom stereocenters. The second-order valence-electron chi connectivity index (χ2n) is 8.34. The van der Waals surface area contributed by atoms with Crippen LogP contribution in [-0.4, -0.2) is 52.3 Å². The molecule has 3 heterocycles. The fraction of sp³-hybridized carbons (Fsp3) is 0.391. The number of halogens is 1. The number of carbonyl (C=O) groups is 1. The number of rotatable bonds is 7. The lowest BCUT2D eigenvalue weighted by molar-refractivity contribution is 0.211. The Hall–Kier alpha value is -3.73. The molecule has 0 aliphatic carbocycles. The Balaban J connectivity index is 1.56. The van der Waals surface area contributed by atoms with Crippen LogP contribution in [0.1, 0.15) is 30.1 Å². The van der Waals surface area contributed by atoms with Crippen molar-refractivity contribution in [1.29, 1.82) is 0 Å². The Morgan fingerprint density at radius 1 is 1.29 bits per heavy atom. The Morgan fingerprint density at radius 3 is 2.74 bits per heavy atom. The number of hydrogen-bond acceptors (Lipinski definition) is 8. The molecule has 1 aromatic carbocycles. The molecule has 1 aliphatic rings. The molecular weight excluding hydrogens is 439 g/mol. The predicted molar refractivity (Wildman–Crippen MR) is 127 cm³/mol. The zero-order valence-electron chi connectivity index (χ0n) is 19.3. The van der Waals surface area contributed by atoms with E-state index < -0.39 is 6.09 Å². The van der Waals surface area contributed by atoms with E-state index in [0.717, 1.165) is 43.0 Å². The van der Waals surface area contributed by atoms with Gasteiger partial charge in [-0.15, -0.1) is 0 Å². The SMILES string of the molecule is CNCCn1cc(-c2ccc(F)c(C)c2)nc1C1CCN(c2ncnc(N)c2OC(N)=O)CC1. The van der Waals surface area contributed by atoms with Crippen LogP contribution in [0, 0.1) is 12.7 Å². The average molecular weight is 469 g/mol. The minimum absolute atomic E-state index is 0.0627. The number of aryl methyl sites for hydroxylation is 1. The number of hydrogen-bond donors (Lipinski definition) is 3. The summed E-state index contributed by atoms with van der Waals surface area (Å²) < 4.78 is 21.0. The van der Waals surface area contributed by atoms with Gasteiger partial charge in [-0.2, -0.15) is 0 Å². The molecule has 34 heavy (non-hydrogen) atoms. The molecule has 0 atom stereocenters. The number of amides is 1. The maximum absolute atomic E-state index is 13.8. The molecule has 1 amide bonds. The number of ether oxygens (including phenoxy) is 1. The number of carbonyl (C=O) groups excluding carboxylic acids is 1. The number of anilines is 2. The number of imidazole rings is 1. The Morgan fingerprint density at radius 2 is 2.06 bits per heavy atom. The molecule has 10 nitrogen and oxygen atoms in total. The molecule has 1 saturated heterocycles. The van der Waals surface area contributed by atoms with Crippen molar-refractivity contribution in [3.05, 3.63) is 47.9 Å². The summed E-state index contributed by atoms with van der Waals surface area (Å²) in [6.45, 7) is 4.67. The minimum Gasteiger partial charge on any atom is -0.403 e. The van der Waals surface area contributed by atoms with E-state index in [2.05, 4.69) is 19.9 Å². The Kier molecular flexibility index (Phi) is 6.92. The highest BCUT2D eigenvalue weighted by Gasteiger charge is 2.28. The number of aromatic nitrogens is 4. The second-order valence-corrected chi connectivity index (χ2v) is 8.34. The van der Waals surface area contributed by atoms with E-state index in [9.17, 15) is 9.18 Å². The van der Waals surface area contributed by atoms with E-state index in [-0.39, 0.29) is 23.3 Å². The zero-order valence-corrected chi connectivity index (χ0v) is 19.3. The molecule has 1 aliphatic heterocycles. The number of nitrogens with one attached hydrogen (secondary N) is 1. The van der Waals surface area contributed by atoms with Gasteiger partial charge in [-0.3, -0.25) is 0 Å². The minimum atomic E-state index is -0.965. The van der Waals surface area contributed by atoms with E-state index in [1.807, 2.05) is 24.2 Å². The van der Waals surface area contributed by atoms with Crippen molar-refractivity contribution < 1.29 is 13.9 Å². The highest BCUT2D eigenvalue weighted by molar-refractivity contribution is 5.74. The third-order valence-corrected chi connectivity index (χ3v) is 6.04. The molecule has 3 aromatic rings. The summed E-state index contributed by atoms with van der Waals surface area (Å²) in [5.74, 6) is 1.60. The highest BCUT2D eigenvalue weighted by atomic mass is 19.1. The first-order valence-electron chi connectivity index (χ1n) is 11.2. The predicted octanol–water partition coefficient (Wildman–Crippen LogP) is 2.43. The van der Waals surface area contributed by atoms with E-state index in [4.69, 9.17) is 21.2 Å². The summed E-state index contributed by atoms with van der Waals surface area (Å²) in [6, 6.07) is 5.07. The fourth-order valence-electron chi connectivity index (χ4n) is 4.26. The standard InChI is InChI=1S/C23H29FN8O2/c1-14-11-16(3-4-17(14)24)18-12-32(10-7-27-2)21(30-18)15-5-8-31(9-6-15)22-19(34-23(26)33)20(25)28-13-29-22/h3-4,11-13,15,27H,5-10H2,1-2H3,(H2,26,33)(H2,25,28,29). The number of nitrogen functional groups attached to an aromatic ring is 1. The van der Waals surface area contributed by atoms with E-state index in [1.165, 1.54) is 12.4 Å². The molecule has 4 rings (SSSR count). The number of piperidine rings is 1. The molecule has 0 radical (unpaired) electrons. The van der Waals surface area contributed by atoms with Crippen LogP contribution in [0.15, 0.2) is 30.7 Å². The summed E-state index contributed by atoms with van der Waals surface area (Å²) >= 11 is 0. The maximum atomic E-state index is 13.8. The van der Waals surface area contributed by atoms with Gasteiger partial charge in [0.1, 0.15) is 18.0 Å². The lowest BCUT2D eigenvalue weighted by Gasteiger charge is -2.33. The molecule has 0 saturated carbocycles. The first-order chi connectivity index (χ1) is 16.4. The molecular formula is C23H29FN8O2. The quantitative estimate of drug-likeness (QED) is 0.481. The van der Waals surface area contributed by atoms with Crippen molar-refractivity contribution in [1.82, 2.24) is 24.8 Å². The van der Waals surface area contributed by atoms with Crippen molar-refractivity contribution in [3.8, 4) is 17.0 Å². The summed E-state index contributed by atoms with van der Waals surface area (Å²) in [7, 11) is 1.92. The molecule has 1 fully saturated rings. The van der Waals surface area contributed by atoms with Crippen molar-refractivity contribution >= 4 is 17.7 Å². The summed E-state index contributed by atoms with van der Waals surface area (Å²) in [6.07, 6.45) is 4.05. The molecule has 0 spiro atoms. The van der Waals surface area contributed by atoms with Gasteiger partial charge in [0, 0.05) is 43.9 Å². The summed E-state index contributed by atoms with van der Waals surface area (Å²) in [5, 5.41) is 3.18. The van der Waals surface area contributed by atoms with Gasteiger partial charge in [0.15, 0.2) is 11.6 Å². The third-order valence-electron chi connectivity index (χ3n) is 6.04. The number of nitrogens with two attached hydrogens (primary N) is 2. The van der Waals surface area contributed by atoms with Gasteiger partial charge in [0.05, 0.1) is 5.69 Å². The van der Waals surface area contributed by atoms with E-state index in [1.54, 1.807) is 13.0 Å². The van der Waals surface area contributed by atoms with Gasteiger partial charge in [0.2, 0.25) is 5.75 Å². The average Bonchev–Trinajstić information content (AvgIpc) is 3.25. The third kappa shape index (κ3) is 4.93. The van der Waals surface area contributed by atoms with Crippen LogP contribution in [0.4, 0.5) is 20.8 Å².